The Morgan fingerprint density at radius 1 is 1.10 bits per heavy atom. The molecule has 1 aliphatic heterocycles. The molecule has 164 valence electrons. The monoisotopic (exact) mass is 526 g/mol. The highest BCUT2D eigenvalue weighted by molar-refractivity contribution is 14.0. The third-order valence-corrected chi connectivity index (χ3v) is 5.16. The van der Waals surface area contributed by atoms with Crippen LogP contribution in [0.25, 0.3) is 0 Å². The van der Waals surface area contributed by atoms with Gasteiger partial charge in [-0.25, -0.2) is 4.99 Å². The molecule has 0 aliphatic carbocycles. The van der Waals surface area contributed by atoms with Crippen LogP contribution in [-0.2, 0) is 6.54 Å². The number of halogens is 1. The number of ether oxygens (including phenoxy) is 3. The maximum atomic E-state index is 6.06. The normalized spacial score (nSPS) is 16.0. The highest BCUT2D eigenvalue weighted by Crippen LogP contribution is 2.28. The first kappa shape index (κ1) is 23.9. The van der Waals surface area contributed by atoms with Gasteiger partial charge in [0.15, 0.2) is 17.5 Å². The fraction of sp³-hybridized carbons (Fsp3) is 0.409. The van der Waals surface area contributed by atoms with Crippen molar-refractivity contribution in [3.63, 3.8) is 0 Å². The minimum absolute atomic E-state index is 0. The van der Waals surface area contributed by atoms with E-state index < -0.39 is 0 Å². The van der Waals surface area contributed by atoms with Gasteiger partial charge in [-0.3, -0.25) is 0 Å². The van der Waals surface area contributed by atoms with E-state index in [4.69, 9.17) is 19.9 Å². The van der Waals surface area contributed by atoms with Gasteiger partial charge in [-0.1, -0.05) is 12.1 Å². The molecular formula is C22H31IN4O3. The Balaban J connectivity index is 0.00000320. The molecule has 3 N–H and O–H groups in total. The van der Waals surface area contributed by atoms with E-state index in [2.05, 4.69) is 27.3 Å². The van der Waals surface area contributed by atoms with E-state index in [0.717, 1.165) is 37.4 Å². The first-order chi connectivity index (χ1) is 14.1. The molecule has 8 heteroatoms. The summed E-state index contributed by atoms with van der Waals surface area (Å²) in [7, 11) is 4.94. The number of rotatable bonds is 8. The highest BCUT2D eigenvalue weighted by Gasteiger charge is 2.22. The van der Waals surface area contributed by atoms with Gasteiger partial charge in [0, 0.05) is 31.4 Å². The Kier molecular flexibility index (Phi) is 9.35. The number of methoxy groups -OCH3 is 3. The highest BCUT2D eigenvalue weighted by atomic mass is 127. The molecule has 3 rings (SSSR count). The third-order valence-electron chi connectivity index (χ3n) is 5.16. The molecule has 1 fully saturated rings. The predicted molar refractivity (Wildman–Crippen MR) is 132 cm³/mol. The van der Waals surface area contributed by atoms with Gasteiger partial charge in [0.25, 0.3) is 0 Å². The molecule has 2 aromatic carbocycles. The summed E-state index contributed by atoms with van der Waals surface area (Å²) in [4.78, 5) is 6.82. The topological polar surface area (TPSA) is 81.3 Å². The Morgan fingerprint density at radius 3 is 2.63 bits per heavy atom. The van der Waals surface area contributed by atoms with Crippen molar-refractivity contribution in [3.05, 3.63) is 48.0 Å². The second kappa shape index (κ2) is 11.7. The number of guanidine groups is 1. The third kappa shape index (κ3) is 6.32. The quantitative estimate of drug-likeness (QED) is 0.312. The van der Waals surface area contributed by atoms with Gasteiger partial charge < -0.3 is 30.2 Å². The van der Waals surface area contributed by atoms with Gasteiger partial charge in [0.05, 0.1) is 27.9 Å². The molecule has 0 amide bonds. The molecule has 0 spiro atoms. The first-order valence-electron chi connectivity index (χ1n) is 9.76. The summed E-state index contributed by atoms with van der Waals surface area (Å²) in [6.07, 6.45) is 1.12. The zero-order chi connectivity index (χ0) is 20.6. The summed E-state index contributed by atoms with van der Waals surface area (Å²) in [6.45, 7) is 3.31. The zero-order valence-corrected chi connectivity index (χ0v) is 20.1. The summed E-state index contributed by atoms with van der Waals surface area (Å²) >= 11 is 0. The summed E-state index contributed by atoms with van der Waals surface area (Å²) in [6, 6.07) is 13.9. The van der Waals surface area contributed by atoms with Crippen LogP contribution in [0.5, 0.6) is 17.2 Å². The number of aliphatic imine (C=N–C) groups is 1. The number of nitrogens with two attached hydrogens (primary N) is 1. The molecule has 30 heavy (non-hydrogen) atoms. The smallest absolute Gasteiger partial charge is 0.188 e. The molecule has 0 radical (unpaired) electrons. The number of benzene rings is 2. The number of nitrogens with zero attached hydrogens (tertiary/aromatic N) is 2. The number of nitrogens with one attached hydrogen (secondary N) is 1. The van der Waals surface area contributed by atoms with Gasteiger partial charge >= 0.3 is 0 Å². The minimum Gasteiger partial charge on any atom is -0.497 e. The lowest BCUT2D eigenvalue weighted by molar-refractivity contribution is 0.354. The second-order valence-electron chi connectivity index (χ2n) is 7.07. The summed E-state index contributed by atoms with van der Waals surface area (Å²) in [5, 5.41) is 3.26. The van der Waals surface area contributed by atoms with Crippen molar-refractivity contribution < 1.29 is 14.2 Å². The lowest BCUT2D eigenvalue weighted by Crippen LogP contribution is -2.36. The SMILES string of the molecule is COc1cccc(N2CCC(CNC(N)=NCc3ccc(OC)c(OC)c3)C2)c1.I. The zero-order valence-electron chi connectivity index (χ0n) is 17.8. The van der Waals surface area contributed by atoms with Crippen molar-refractivity contribution in [2.24, 2.45) is 16.6 Å². The second-order valence-corrected chi connectivity index (χ2v) is 7.07. The summed E-state index contributed by atoms with van der Waals surface area (Å²) in [5.41, 5.74) is 8.27. The molecule has 7 nitrogen and oxygen atoms in total. The molecule has 1 unspecified atom stereocenters. The van der Waals surface area contributed by atoms with Crippen LogP contribution < -0.4 is 30.2 Å². The van der Waals surface area contributed by atoms with Crippen LogP contribution in [0.1, 0.15) is 12.0 Å². The van der Waals surface area contributed by atoms with Gasteiger partial charge in [-0.15, -0.1) is 24.0 Å². The molecule has 1 aliphatic rings. The van der Waals surface area contributed by atoms with E-state index in [1.54, 1.807) is 21.3 Å². The van der Waals surface area contributed by atoms with E-state index in [1.807, 2.05) is 30.3 Å². The molecule has 1 atom stereocenters. The Hall–Kier alpha value is -2.36. The molecule has 1 saturated heterocycles. The van der Waals surface area contributed by atoms with Crippen LogP contribution in [0.4, 0.5) is 5.69 Å². The number of anilines is 1. The summed E-state index contributed by atoms with van der Waals surface area (Å²) in [5.74, 6) is 3.26. The van der Waals surface area contributed by atoms with Gasteiger partial charge in [0.1, 0.15) is 5.75 Å². The summed E-state index contributed by atoms with van der Waals surface area (Å²) < 4.78 is 15.9. The van der Waals surface area contributed by atoms with Gasteiger partial charge in [0.2, 0.25) is 0 Å². The maximum Gasteiger partial charge on any atom is 0.188 e. The van der Waals surface area contributed by atoms with E-state index in [1.165, 1.54) is 5.69 Å². The van der Waals surface area contributed by atoms with Crippen LogP contribution in [0.2, 0.25) is 0 Å². The standard InChI is InChI=1S/C22H30N4O3.HI/c1-27-19-6-4-5-18(12-19)26-10-9-17(15-26)14-25-22(23)24-13-16-7-8-20(28-2)21(11-16)29-3;/h4-8,11-12,17H,9-10,13-15H2,1-3H3,(H3,23,24,25);1H. The van der Waals surface area contributed by atoms with E-state index in [9.17, 15) is 0 Å². The van der Waals surface area contributed by atoms with Crippen LogP contribution in [-0.4, -0.2) is 46.9 Å². The average molecular weight is 526 g/mol. The molecule has 0 aromatic heterocycles. The van der Waals surface area contributed by atoms with Gasteiger partial charge in [-0.05, 0) is 42.2 Å². The van der Waals surface area contributed by atoms with Crippen molar-refractivity contribution in [2.45, 2.75) is 13.0 Å². The predicted octanol–water partition coefficient (Wildman–Crippen LogP) is 3.26. The minimum atomic E-state index is 0. The molecule has 0 saturated carbocycles. The Bertz CT molecular complexity index is 847. The van der Waals surface area contributed by atoms with Crippen LogP contribution in [0.3, 0.4) is 0 Å². The van der Waals surface area contributed by atoms with E-state index in [-0.39, 0.29) is 24.0 Å². The van der Waals surface area contributed by atoms with E-state index >= 15 is 0 Å². The Labute approximate surface area is 195 Å². The number of hydrogen-bond acceptors (Lipinski definition) is 5. The molecule has 1 heterocycles. The fourth-order valence-electron chi connectivity index (χ4n) is 3.50. The van der Waals surface area contributed by atoms with Crippen molar-refractivity contribution >= 4 is 35.6 Å². The lowest BCUT2D eigenvalue weighted by atomic mass is 10.1. The van der Waals surface area contributed by atoms with Gasteiger partial charge in [-0.2, -0.15) is 0 Å². The van der Waals surface area contributed by atoms with E-state index in [0.29, 0.717) is 29.9 Å². The van der Waals surface area contributed by atoms with Crippen molar-refractivity contribution in [3.8, 4) is 17.2 Å². The van der Waals surface area contributed by atoms with Crippen molar-refractivity contribution in [1.82, 2.24) is 5.32 Å². The molecule has 2 aromatic rings. The maximum absolute atomic E-state index is 6.06. The van der Waals surface area contributed by atoms with Crippen LogP contribution in [0, 0.1) is 5.92 Å². The fourth-order valence-corrected chi connectivity index (χ4v) is 3.50. The van der Waals surface area contributed by atoms with Crippen molar-refractivity contribution in [1.29, 1.82) is 0 Å². The van der Waals surface area contributed by atoms with Crippen LogP contribution >= 0.6 is 24.0 Å². The van der Waals surface area contributed by atoms with Crippen molar-refractivity contribution in [2.75, 3.05) is 45.9 Å². The first-order valence-corrected chi connectivity index (χ1v) is 9.76. The Morgan fingerprint density at radius 2 is 1.90 bits per heavy atom. The molecular weight excluding hydrogens is 495 g/mol. The lowest BCUT2D eigenvalue weighted by Gasteiger charge is -2.19. The molecule has 0 bridgehead atoms. The largest absolute Gasteiger partial charge is 0.497 e. The average Bonchev–Trinajstić information content (AvgIpc) is 3.25. The van der Waals surface area contributed by atoms with Crippen LogP contribution in [0.15, 0.2) is 47.5 Å². The number of hydrogen-bond donors (Lipinski definition) is 2.